The number of aliphatic hydroxyl groups excluding tert-OH is 3. The number of halogens is 1. The molecule has 0 amide bonds. The molecule has 2 saturated heterocycles. The summed E-state index contributed by atoms with van der Waals surface area (Å²) >= 11 is 0. The van der Waals surface area contributed by atoms with Crippen molar-refractivity contribution in [1.82, 2.24) is 5.32 Å². The summed E-state index contributed by atoms with van der Waals surface area (Å²) in [4.78, 5) is 0. The Bertz CT molecular complexity index is 189. The van der Waals surface area contributed by atoms with Crippen molar-refractivity contribution in [2.75, 3.05) is 13.2 Å². The van der Waals surface area contributed by atoms with Crippen LogP contribution in [0.15, 0.2) is 0 Å². The maximum atomic E-state index is 9.75. The summed E-state index contributed by atoms with van der Waals surface area (Å²) < 4.78 is 0. The van der Waals surface area contributed by atoms with Crippen LogP contribution in [0.3, 0.4) is 0 Å². The van der Waals surface area contributed by atoms with E-state index in [9.17, 15) is 10.2 Å². The molecule has 1 aliphatic carbocycles. The van der Waals surface area contributed by atoms with Crippen LogP contribution in [-0.2, 0) is 0 Å². The first-order valence-corrected chi connectivity index (χ1v) is 4.94. The van der Waals surface area contributed by atoms with Crippen molar-refractivity contribution in [3.63, 3.8) is 0 Å². The van der Waals surface area contributed by atoms with Crippen LogP contribution in [0.1, 0.15) is 12.8 Å². The largest absolute Gasteiger partial charge is 0.396 e. The molecule has 3 fully saturated rings. The number of aliphatic hydroxyl groups is 3. The van der Waals surface area contributed by atoms with Crippen LogP contribution in [0, 0.1) is 11.8 Å². The quantitative estimate of drug-likeness (QED) is 0.466. The number of rotatable bonds is 1. The lowest BCUT2D eigenvalue weighted by Gasteiger charge is -2.39. The standard InChI is InChI=1S/C9H17NO3.ClH/c11-4-5-3-7-9(13)8(12)6(5)1-2-10-7;/h5-13H,1-4H2;1H/t5-,6+,7-,8+,9-;/m1./s1. The number of fused-ring (bicyclic) bond motifs is 4. The fraction of sp³-hybridized carbons (Fsp3) is 1.00. The molecule has 2 aliphatic heterocycles. The smallest absolute Gasteiger partial charge is 0.0954 e. The highest BCUT2D eigenvalue weighted by atomic mass is 35.5. The number of hydrogen-bond acceptors (Lipinski definition) is 4. The molecule has 0 aromatic rings. The van der Waals surface area contributed by atoms with Gasteiger partial charge in [0.05, 0.1) is 12.2 Å². The molecule has 14 heavy (non-hydrogen) atoms. The van der Waals surface area contributed by atoms with E-state index < -0.39 is 12.2 Å². The molecule has 0 radical (unpaired) electrons. The van der Waals surface area contributed by atoms with Crippen molar-refractivity contribution >= 4 is 12.4 Å². The third-order valence-corrected chi connectivity index (χ3v) is 3.48. The first-order valence-electron chi connectivity index (χ1n) is 4.94. The van der Waals surface area contributed by atoms with Gasteiger partial charge in [-0.2, -0.15) is 0 Å². The van der Waals surface area contributed by atoms with Gasteiger partial charge in [0.2, 0.25) is 0 Å². The zero-order valence-electron chi connectivity index (χ0n) is 7.97. The van der Waals surface area contributed by atoms with Gasteiger partial charge < -0.3 is 20.6 Å². The fourth-order valence-electron chi connectivity index (χ4n) is 2.67. The van der Waals surface area contributed by atoms with Gasteiger partial charge >= 0.3 is 0 Å². The zero-order valence-corrected chi connectivity index (χ0v) is 8.78. The van der Waals surface area contributed by atoms with E-state index in [0.717, 1.165) is 19.4 Å². The van der Waals surface area contributed by atoms with Gasteiger partial charge in [-0.1, -0.05) is 0 Å². The molecule has 3 rings (SSSR count). The third kappa shape index (κ3) is 1.90. The second kappa shape index (κ2) is 4.77. The minimum atomic E-state index is -0.661. The van der Waals surface area contributed by atoms with E-state index in [4.69, 9.17) is 5.11 Å². The van der Waals surface area contributed by atoms with E-state index in [1.165, 1.54) is 0 Å². The molecule has 2 bridgehead atoms. The summed E-state index contributed by atoms with van der Waals surface area (Å²) in [7, 11) is 0. The lowest BCUT2D eigenvalue weighted by molar-refractivity contribution is -0.0813. The summed E-state index contributed by atoms with van der Waals surface area (Å²) in [5.74, 6) is 0.213. The monoisotopic (exact) mass is 223 g/mol. The Labute approximate surface area is 89.7 Å². The molecule has 84 valence electrons. The second-order valence-corrected chi connectivity index (χ2v) is 4.17. The Balaban J connectivity index is 0.000000980. The Hall–Kier alpha value is 0.130. The highest BCUT2D eigenvalue weighted by molar-refractivity contribution is 5.85. The van der Waals surface area contributed by atoms with Gasteiger partial charge in [-0.25, -0.2) is 0 Å². The molecule has 5 heteroatoms. The van der Waals surface area contributed by atoms with Crippen molar-refractivity contribution in [1.29, 1.82) is 0 Å². The predicted octanol–water partition coefficient (Wildman–Crippen LogP) is -0.880. The summed E-state index contributed by atoms with van der Waals surface area (Å²) in [6.45, 7) is 0.951. The van der Waals surface area contributed by atoms with Gasteiger partial charge in [-0.05, 0) is 31.2 Å². The molecular formula is C9H18ClNO3. The van der Waals surface area contributed by atoms with Gasteiger partial charge in [0.1, 0.15) is 0 Å². The predicted molar refractivity (Wildman–Crippen MR) is 54.4 cm³/mol. The summed E-state index contributed by atoms with van der Waals surface area (Å²) in [5, 5.41) is 31.7. The third-order valence-electron chi connectivity index (χ3n) is 3.48. The van der Waals surface area contributed by atoms with Gasteiger partial charge in [-0.15, -0.1) is 12.4 Å². The highest BCUT2D eigenvalue weighted by Crippen LogP contribution is 2.35. The number of hydrogen-bond donors (Lipinski definition) is 4. The maximum Gasteiger partial charge on any atom is 0.0954 e. The molecule has 0 aromatic heterocycles. The lowest BCUT2D eigenvalue weighted by Crippen LogP contribution is -2.52. The van der Waals surface area contributed by atoms with Crippen LogP contribution in [0.25, 0.3) is 0 Å². The van der Waals surface area contributed by atoms with E-state index in [1.54, 1.807) is 0 Å². The first-order chi connectivity index (χ1) is 6.24. The normalized spacial score (nSPS) is 46.9. The van der Waals surface area contributed by atoms with Crippen LogP contribution in [-0.4, -0.2) is 46.7 Å². The molecule has 0 unspecified atom stereocenters. The van der Waals surface area contributed by atoms with Gasteiger partial charge in [0, 0.05) is 12.6 Å². The van der Waals surface area contributed by atoms with Crippen molar-refractivity contribution in [3.8, 4) is 0 Å². The minimum Gasteiger partial charge on any atom is -0.396 e. The fourth-order valence-corrected chi connectivity index (χ4v) is 2.67. The number of nitrogens with one attached hydrogen (secondary N) is 1. The summed E-state index contributed by atoms with van der Waals surface area (Å²) in [6, 6.07) is -0.0362. The molecule has 5 atom stereocenters. The van der Waals surface area contributed by atoms with E-state index in [2.05, 4.69) is 5.32 Å². The van der Waals surface area contributed by atoms with Crippen LogP contribution < -0.4 is 5.32 Å². The maximum absolute atomic E-state index is 9.75. The van der Waals surface area contributed by atoms with E-state index in [-0.39, 0.29) is 36.9 Å². The van der Waals surface area contributed by atoms with Crippen molar-refractivity contribution in [2.24, 2.45) is 11.8 Å². The topological polar surface area (TPSA) is 72.7 Å². The molecule has 0 aromatic carbocycles. The van der Waals surface area contributed by atoms with Crippen LogP contribution in [0.5, 0.6) is 0 Å². The Morgan fingerprint density at radius 2 is 1.93 bits per heavy atom. The molecule has 1 saturated carbocycles. The first kappa shape index (κ1) is 12.2. The zero-order chi connectivity index (χ0) is 9.42. The van der Waals surface area contributed by atoms with Crippen LogP contribution in [0.4, 0.5) is 0 Å². The minimum absolute atomic E-state index is 0. The molecule has 4 N–H and O–H groups in total. The molecule has 3 aliphatic rings. The van der Waals surface area contributed by atoms with Gasteiger partial charge in [0.15, 0.2) is 0 Å². The highest BCUT2D eigenvalue weighted by Gasteiger charge is 2.44. The SMILES string of the molecule is Cl.OC[C@H]1C[C@H]2NCC[C@@H]1[C@H](O)[C@@H]2O. The Kier molecular flexibility index (Phi) is 4.15. The lowest BCUT2D eigenvalue weighted by atomic mass is 9.74. The molecule has 4 nitrogen and oxygen atoms in total. The Morgan fingerprint density at radius 3 is 2.57 bits per heavy atom. The van der Waals surface area contributed by atoms with E-state index in [1.807, 2.05) is 0 Å². The van der Waals surface area contributed by atoms with E-state index in [0.29, 0.717) is 0 Å². The van der Waals surface area contributed by atoms with Crippen molar-refractivity contribution in [2.45, 2.75) is 31.1 Å². The van der Waals surface area contributed by atoms with E-state index >= 15 is 0 Å². The average molecular weight is 224 g/mol. The van der Waals surface area contributed by atoms with Crippen LogP contribution >= 0.6 is 12.4 Å². The van der Waals surface area contributed by atoms with Crippen molar-refractivity contribution in [3.05, 3.63) is 0 Å². The molecule has 0 spiro atoms. The average Bonchev–Trinajstić information content (AvgIpc) is 2.42. The van der Waals surface area contributed by atoms with Gasteiger partial charge in [0.25, 0.3) is 0 Å². The molecular weight excluding hydrogens is 206 g/mol. The Morgan fingerprint density at radius 1 is 1.21 bits per heavy atom. The summed E-state index contributed by atoms with van der Waals surface area (Å²) in [5.41, 5.74) is 0. The summed E-state index contributed by atoms with van der Waals surface area (Å²) in [6.07, 6.45) is 0.306. The van der Waals surface area contributed by atoms with Crippen LogP contribution in [0.2, 0.25) is 0 Å². The van der Waals surface area contributed by atoms with Crippen molar-refractivity contribution < 1.29 is 15.3 Å². The molecule has 2 heterocycles. The second-order valence-electron chi connectivity index (χ2n) is 4.17. The van der Waals surface area contributed by atoms with Gasteiger partial charge in [-0.3, -0.25) is 0 Å².